The zero-order valence-corrected chi connectivity index (χ0v) is 17.4. The topological polar surface area (TPSA) is 70.4 Å². The van der Waals surface area contributed by atoms with E-state index < -0.39 is 12.1 Å². The summed E-state index contributed by atoms with van der Waals surface area (Å²) in [5.74, 6) is 0.0809. The van der Waals surface area contributed by atoms with Crippen molar-refractivity contribution in [1.29, 1.82) is 0 Å². The zero-order chi connectivity index (χ0) is 21.8. The molecule has 0 saturated carbocycles. The normalized spacial score (nSPS) is 19.2. The number of nitrogens with zero attached hydrogens (tertiary/aromatic N) is 1. The maximum absolute atomic E-state index is 12.9. The molecule has 1 aliphatic heterocycles. The Morgan fingerprint density at radius 2 is 1.68 bits per heavy atom. The van der Waals surface area contributed by atoms with Gasteiger partial charge in [0.2, 0.25) is 12.3 Å². The van der Waals surface area contributed by atoms with Gasteiger partial charge in [-0.05, 0) is 43.3 Å². The first-order valence-electron chi connectivity index (χ1n) is 10.1. The van der Waals surface area contributed by atoms with Gasteiger partial charge in [0.15, 0.2) is 6.04 Å². The fourth-order valence-electron chi connectivity index (χ4n) is 3.61. The van der Waals surface area contributed by atoms with Crippen LogP contribution in [-0.4, -0.2) is 35.9 Å². The molecular formula is C25H24N3O3+. The van der Waals surface area contributed by atoms with Crippen molar-refractivity contribution in [1.82, 2.24) is 10.7 Å². The zero-order valence-electron chi connectivity index (χ0n) is 17.4. The summed E-state index contributed by atoms with van der Waals surface area (Å²) in [5.41, 5.74) is 6.35. The predicted molar refractivity (Wildman–Crippen MR) is 118 cm³/mol. The largest absolute Gasteiger partial charge is 0.497 e. The van der Waals surface area contributed by atoms with Gasteiger partial charge in [0.25, 0.3) is 5.91 Å². The maximum Gasteiger partial charge on any atom is 0.304 e. The Labute approximate surface area is 181 Å². The molecule has 1 fully saturated rings. The molecule has 1 aliphatic rings. The van der Waals surface area contributed by atoms with Crippen LogP contribution < -0.4 is 15.5 Å². The predicted octanol–water partition coefficient (Wildman–Crippen LogP) is 3.02. The van der Waals surface area contributed by atoms with Crippen LogP contribution in [0.5, 0.6) is 5.75 Å². The molecule has 3 aromatic carbocycles. The van der Waals surface area contributed by atoms with Crippen LogP contribution in [-0.2, 0) is 4.79 Å². The fraction of sp³-hybridized carbons (Fsp3) is 0.160. The van der Waals surface area contributed by atoms with E-state index in [1.54, 1.807) is 36.1 Å². The second-order valence-electron chi connectivity index (χ2n) is 7.46. The van der Waals surface area contributed by atoms with Crippen molar-refractivity contribution in [2.75, 3.05) is 7.11 Å². The van der Waals surface area contributed by atoms with Gasteiger partial charge in [-0.2, -0.15) is 0 Å². The number of carbonyl (C=O) groups is 2. The van der Waals surface area contributed by atoms with E-state index in [1.807, 2.05) is 67.7 Å². The lowest BCUT2D eigenvalue weighted by molar-refractivity contribution is -0.596. The van der Waals surface area contributed by atoms with Crippen LogP contribution in [0.2, 0.25) is 0 Å². The van der Waals surface area contributed by atoms with Gasteiger partial charge < -0.3 is 10.1 Å². The van der Waals surface area contributed by atoms with Crippen LogP contribution in [0.4, 0.5) is 0 Å². The van der Waals surface area contributed by atoms with Gasteiger partial charge in [-0.1, -0.05) is 48.0 Å². The summed E-state index contributed by atoms with van der Waals surface area (Å²) in [7, 11) is 1.57. The van der Waals surface area contributed by atoms with Crippen molar-refractivity contribution in [3.8, 4) is 5.75 Å². The number of benzene rings is 3. The Hall–Kier alpha value is -3.93. The van der Waals surface area contributed by atoms with Gasteiger partial charge in [-0.25, -0.2) is 0 Å². The van der Waals surface area contributed by atoms with Crippen LogP contribution >= 0.6 is 0 Å². The van der Waals surface area contributed by atoms with Gasteiger partial charge in [0.1, 0.15) is 5.75 Å². The Kier molecular flexibility index (Phi) is 5.80. The number of hydrazine groups is 1. The highest BCUT2D eigenvalue weighted by molar-refractivity contribution is 5.98. The molecule has 0 aliphatic carbocycles. The van der Waals surface area contributed by atoms with Crippen molar-refractivity contribution >= 4 is 18.0 Å². The van der Waals surface area contributed by atoms with Crippen LogP contribution in [0.1, 0.15) is 33.1 Å². The summed E-state index contributed by atoms with van der Waals surface area (Å²) < 4.78 is 6.91. The first kappa shape index (κ1) is 20.3. The Morgan fingerprint density at radius 3 is 2.32 bits per heavy atom. The van der Waals surface area contributed by atoms with E-state index >= 15 is 0 Å². The molecule has 1 saturated heterocycles. The molecule has 0 aromatic heterocycles. The summed E-state index contributed by atoms with van der Waals surface area (Å²) in [6, 6.07) is 23.4. The molecular weight excluding hydrogens is 390 g/mol. The van der Waals surface area contributed by atoms with Crippen molar-refractivity contribution in [3.63, 3.8) is 0 Å². The Morgan fingerprint density at radius 1 is 1.00 bits per heavy atom. The van der Waals surface area contributed by atoms with Gasteiger partial charge in [-0.3, -0.25) is 9.59 Å². The lowest BCUT2D eigenvalue weighted by Gasteiger charge is -2.15. The van der Waals surface area contributed by atoms with E-state index in [-0.39, 0.29) is 11.8 Å². The standard InChI is InChI=1S/C25H23N3O3/c1-17-8-10-19(11-9-17)23-22(26-24(29)20-12-14-21(31-2)15-13-20)25(30)27-28(23)16-18-6-4-3-5-7-18/h3-16,22-23H,1-2H3,(H-,26,27,29,30)/p+1/b28-16-/t22-,23+/m1/s1. The second-order valence-corrected chi connectivity index (χ2v) is 7.46. The minimum absolute atomic E-state index is 0.264. The summed E-state index contributed by atoms with van der Waals surface area (Å²) in [6.45, 7) is 2.01. The number of hydrazone groups is 1. The third-order valence-electron chi connectivity index (χ3n) is 5.28. The van der Waals surface area contributed by atoms with Crippen molar-refractivity contribution < 1.29 is 19.0 Å². The highest BCUT2D eigenvalue weighted by Gasteiger charge is 2.47. The maximum atomic E-state index is 12.9. The summed E-state index contributed by atoms with van der Waals surface area (Å²) in [5, 5.41) is 2.91. The molecule has 0 spiro atoms. The second kappa shape index (κ2) is 8.83. The summed E-state index contributed by atoms with van der Waals surface area (Å²) >= 11 is 0. The number of nitrogens with one attached hydrogen (secondary N) is 2. The van der Waals surface area contributed by atoms with Gasteiger partial charge in [0.05, 0.1) is 7.11 Å². The molecule has 2 atom stereocenters. The van der Waals surface area contributed by atoms with E-state index in [9.17, 15) is 9.59 Å². The number of ether oxygens (including phenoxy) is 1. The highest BCUT2D eigenvalue weighted by Crippen LogP contribution is 2.26. The SMILES string of the molecule is COc1ccc(C(=O)N[C@H]2C(=O)N/[N+](=C\c3ccccc3)[C@H]2c2ccc(C)cc2)cc1. The number of methoxy groups -OCH3 is 1. The van der Waals surface area contributed by atoms with Crippen LogP contribution in [0.3, 0.4) is 0 Å². The van der Waals surface area contributed by atoms with E-state index in [4.69, 9.17) is 4.74 Å². The number of aryl methyl sites for hydroxylation is 1. The number of rotatable bonds is 5. The first-order valence-corrected chi connectivity index (χ1v) is 10.1. The lowest BCUT2D eigenvalue weighted by Crippen LogP contribution is -2.42. The molecule has 1 heterocycles. The van der Waals surface area contributed by atoms with Crippen LogP contribution in [0.25, 0.3) is 0 Å². The quantitative estimate of drug-likeness (QED) is 0.631. The van der Waals surface area contributed by atoms with Crippen LogP contribution in [0.15, 0.2) is 78.9 Å². The molecule has 31 heavy (non-hydrogen) atoms. The number of carbonyl (C=O) groups excluding carboxylic acids is 2. The molecule has 0 radical (unpaired) electrons. The van der Waals surface area contributed by atoms with E-state index in [0.717, 1.165) is 16.7 Å². The smallest absolute Gasteiger partial charge is 0.304 e. The molecule has 156 valence electrons. The van der Waals surface area contributed by atoms with Gasteiger partial charge >= 0.3 is 5.91 Å². The summed E-state index contributed by atoms with van der Waals surface area (Å²) in [6.07, 6.45) is 1.88. The molecule has 0 bridgehead atoms. The van der Waals surface area contributed by atoms with E-state index in [1.165, 1.54) is 0 Å². The molecule has 6 nitrogen and oxygen atoms in total. The Balaban J connectivity index is 1.67. The third-order valence-corrected chi connectivity index (χ3v) is 5.28. The van der Waals surface area contributed by atoms with Gasteiger partial charge in [-0.15, -0.1) is 10.1 Å². The summed E-state index contributed by atoms with van der Waals surface area (Å²) in [4.78, 5) is 25.8. The van der Waals surface area contributed by atoms with Crippen molar-refractivity contribution in [2.24, 2.45) is 0 Å². The lowest BCUT2D eigenvalue weighted by atomic mass is 9.98. The monoisotopic (exact) mass is 414 g/mol. The number of hydrogen-bond donors (Lipinski definition) is 2. The minimum Gasteiger partial charge on any atom is -0.497 e. The average molecular weight is 414 g/mol. The molecule has 2 amide bonds. The molecule has 0 unspecified atom stereocenters. The van der Waals surface area contributed by atoms with E-state index in [0.29, 0.717) is 11.3 Å². The third kappa shape index (κ3) is 4.48. The van der Waals surface area contributed by atoms with Crippen LogP contribution in [0, 0.1) is 6.92 Å². The fourth-order valence-corrected chi connectivity index (χ4v) is 3.61. The number of amides is 2. The average Bonchev–Trinajstić information content (AvgIpc) is 3.09. The molecule has 3 aromatic rings. The minimum atomic E-state index is -0.753. The van der Waals surface area contributed by atoms with E-state index in [2.05, 4.69) is 10.7 Å². The van der Waals surface area contributed by atoms with Crippen molar-refractivity contribution in [3.05, 3.63) is 101 Å². The highest BCUT2D eigenvalue weighted by atomic mass is 16.5. The molecule has 6 heteroatoms. The molecule has 4 rings (SSSR count). The molecule has 2 N–H and O–H groups in total. The van der Waals surface area contributed by atoms with Gasteiger partial charge in [0, 0.05) is 16.7 Å². The Bertz CT molecular complexity index is 1110. The first-order chi connectivity index (χ1) is 15.0. The number of hydrogen-bond acceptors (Lipinski definition) is 3. The van der Waals surface area contributed by atoms with Crippen molar-refractivity contribution in [2.45, 2.75) is 19.0 Å².